The fraction of sp³-hybridized carbons (Fsp3) is 0.222. The van der Waals surface area contributed by atoms with Crippen LogP contribution in [0.3, 0.4) is 0 Å². The molecular formula is C27H28N4O4. The second kappa shape index (κ2) is 10.7. The van der Waals surface area contributed by atoms with Crippen LogP contribution in [0.25, 0.3) is 0 Å². The largest absolute Gasteiger partial charge is 0.497 e. The van der Waals surface area contributed by atoms with E-state index in [0.29, 0.717) is 29.8 Å². The van der Waals surface area contributed by atoms with Gasteiger partial charge >= 0.3 is 0 Å². The highest BCUT2D eigenvalue weighted by atomic mass is 16.5. The van der Waals surface area contributed by atoms with Gasteiger partial charge in [-0.05, 0) is 42.0 Å². The average molecular weight is 473 g/mol. The first-order chi connectivity index (χ1) is 16.9. The van der Waals surface area contributed by atoms with Crippen LogP contribution in [-0.4, -0.2) is 48.4 Å². The van der Waals surface area contributed by atoms with Gasteiger partial charge in [-0.2, -0.15) is 0 Å². The van der Waals surface area contributed by atoms with Gasteiger partial charge in [-0.1, -0.05) is 42.5 Å². The van der Waals surface area contributed by atoms with Crippen molar-refractivity contribution in [3.8, 4) is 11.5 Å². The van der Waals surface area contributed by atoms with Gasteiger partial charge in [0.05, 0.1) is 13.7 Å². The standard InChI is InChI=1S/C27H28N4O4/c1-34-21-12-10-18(11-13-21)16-30-26(32)24-15-23(35-22-9-5-8-20(14-22)25(28)29)17-31(24)27(33)19-6-3-2-4-7-19/h2-14,23-24H,15-17H2,1H3,(H3,28,29)(H,30,32)/t23-,24+/m1/s1. The zero-order valence-corrected chi connectivity index (χ0v) is 19.4. The third-order valence-corrected chi connectivity index (χ3v) is 5.92. The third-order valence-electron chi connectivity index (χ3n) is 5.92. The van der Waals surface area contributed by atoms with E-state index in [0.717, 1.165) is 11.3 Å². The van der Waals surface area contributed by atoms with Gasteiger partial charge in [0.2, 0.25) is 5.91 Å². The summed E-state index contributed by atoms with van der Waals surface area (Å²) in [6.07, 6.45) is -0.0428. The Morgan fingerprint density at radius 2 is 1.71 bits per heavy atom. The minimum atomic E-state index is -0.679. The maximum absolute atomic E-state index is 13.3. The van der Waals surface area contributed by atoms with Crippen LogP contribution in [0.2, 0.25) is 0 Å². The highest BCUT2D eigenvalue weighted by Gasteiger charge is 2.41. The number of amidine groups is 1. The molecule has 0 spiro atoms. The molecule has 0 aromatic heterocycles. The van der Waals surface area contributed by atoms with Crippen molar-refractivity contribution in [1.82, 2.24) is 10.2 Å². The van der Waals surface area contributed by atoms with Crippen LogP contribution in [0.4, 0.5) is 0 Å². The summed E-state index contributed by atoms with van der Waals surface area (Å²) >= 11 is 0. The predicted octanol–water partition coefficient (Wildman–Crippen LogP) is 2.96. The van der Waals surface area contributed by atoms with E-state index in [1.54, 1.807) is 60.5 Å². The first kappa shape index (κ1) is 23.8. The normalized spacial score (nSPS) is 17.0. The van der Waals surface area contributed by atoms with Gasteiger partial charge in [0.1, 0.15) is 29.5 Å². The van der Waals surface area contributed by atoms with Crippen molar-refractivity contribution < 1.29 is 19.1 Å². The molecule has 8 nitrogen and oxygen atoms in total. The molecule has 1 heterocycles. The molecule has 4 N–H and O–H groups in total. The van der Waals surface area contributed by atoms with Gasteiger partial charge in [0, 0.05) is 24.1 Å². The molecule has 0 bridgehead atoms. The van der Waals surface area contributed by atoms with Gasteiger partial charge in [-0.25, -0.2) is 0 Å². The summed E-state index contributed by atoms with van der Waals surface area (Å²) in [4.78, 5) is 28.0. The summed E-state index contributed by atoms with van der Waals surface area (Å²) in [7, 11) is 1.60. The summed E-state index contributed by atoms with van der Waals surface area (Å²) in [5.41, 5.74) is 7.58. The number of rotatable bonds is 8. The van der Waals surface area contributed by atoms with Crippen LogP contribution in [0.15, 0.2) is 78.9 Å². The first-order valence-electron chi connectivity index (χ1n) is 11.3. The molecule has 0 saturated carbocycles. The molecule has 2 amide bonds. The monoisotopic (exact) mass is 472 g/mol. The Morgan fingerprint density at radius 1 is 1.00 bits per heavy atom. The van der Waals surface area contributed by atoms with Gasteiger partial charge in [0.25, 0.3) is 5.91 Å². The molecule has 4 rings (SSSR count). The number of nitrogen functional groups attached to an aromatic ring is 1. The zero-order valence-electron chi connectivity index (χ0n) is 19.4. The Bertz CT molecular complexity index is 1200. The lowest BCUT2D eigenvalue weighted by Crippen LogP contribution is -2.45. The van der Waals surface area contributed by atoms with E-state index in [1.165, 1.54) is 0 Å². The first-order valence-corrected chi connectivity index (χ1v) is 11.3. The molecule has 1 aliphatic heterocycles. The van der Waals surface area contributed by atoms with Crippen molar-refractivity contribution in [3.63, 3.8) is 0 Å². The maximum Gasteiger partial charge on any atom is 0.254 e. The molecule has 180 valence electrons. The number of nitrogens with one attached hydrogen (secondary N) is 2. The smallest absolute Gasteiger partial charge is 0.254 e. The summed E-state index contributed by atoms with van der Waals surface area (Å²) in [6, 6.07) is 22.6. The van der Waals surface area contributed by atoms with Crippen molar-refractivity contribution in [3.05, 3.63) is 95.6 Å². The number of ether oxygens (including phenoxy) is 2. The van der Waals surface area contributed by atoms with Crippen LogP contribution >= 0.6 is 0 Å². The molecule has 35 heavy (non-hydrogen) atoms. The molecule has 3 aromatic rings. The third kappa shape index (κ3) is 5.78. The predicted molar refractivity (Wildman–Crippen MR) is 133 cm³/mol. The number of likely N-dealkylation sites (tertiary alicyclic amines) is 1. The fourth-order valence-corrected chi connectivity index (χ4v) is 4.08. The van der Waals surface area contributed by atoms with Gasteiger partial charge in [-0.3, -0.25) is 15.0 Å². The SMILES string of the molecule is COc1ccc(CNC(=O)[C@@H]2C[C@@H](Oc3cccc(C(=N)N)c3)CN2C(=O)c2ccccc2)cc1. The summed E-state index contributed by atoms with van der Waals surface area (Å²) in [6.45, 7) is 0.595. The van der Waals surface area contributed by atoms with E-state index in [2.05, 4.69) is 5.32 Å². The molecular weight excluding hydrogens is 444 g/mol. The molecule has 0 aliphatic carbocycles. The van der Waals surface area contributed by atoms with Crippen LogP contribution in [0.5, 0.6) is 11.5 Å². The molecule has 0 radical (unpaired) electrons. The van der Waals surface area contributed by atoms with E-state index in [1.807, 2.05) is 30.3 Å². The lowest BCUT2D eigenvalue weighted by molar-refractivity contribution is -0.125. The van der Waals surface area contributed by atoms with Crippen molar-refractivity contribution >= 4 is 17.6 Å². The number of benzene rings is 3. The quantitative estimate of drug-likeness (QED) is 0.344. The molecule has 3 aromatic carbocycles. The highest BCUT2D eigenvalue weighted by Crippen LogP contribution is 2.26. The van der Waals surface area contributed by atoms with Crippen molar-refractivity contribution in [2.75, 3.05) is 13.7 Å². The minimum absolute atomic E-state index is 0.0569. The van der Waals surface area contributed by atoms with E-state index in [9.17, 15) is 9.59 Å². The lowest BCUT2D eigenvalue weighted by Gasteiger charge is -2.23. The van der Waals surface area contributed by atoms with Crippen molar-refractivity contribution in [2.24, 2.45) is 5.73 Å². The van der Waals surface area contributed by atoms with Crippen LogP contribution in [0, 0.1) is 5.41 Å². The van der Waals surface area contributed by atoms with Crippen LogP contribution < -0.4 is 20.5 Å². The second-order valence-corrected chi connectivity index (χ2v) is 8.32. The molecule has 1 fully saturated rings. The zero-order chi connectivity index (χ0) is 24.8. The van der Waals surface area contributed by atoms with E-state index >= 15 is 0 Å². The fourth-order valence-electron chi connectivity index (χ4n) is 4.08. The van der Waals surface area contributed by atoms with Gasteiger partial charge in [-0.15, -0.1) is 0 Å². The molecule has 1 aliphatic rings. The Labute approximate surface area is 204 Å². The van der Waals surface area contributed by atoms with E-state index in [4.69, 9.17) is 20.6 Å². The number of carbonyl (C=O) groups excluding carboxylic acids is 2. The number of carbonyl (C=O) groups is 2. The Kier molecular flexibility index (Phi) is 7.30. The second-order valence-electron chi connectivity index (χ2n) is 8.32. The van der Waals surface area contributed by atoms with Crippen LogP contribution in [0.1, 0.15) is 27.9 Å². The Morgan fingerprint density at radius 3 is 2.40 bits per heavy atom. The number of nitrogens with zero attached hydrogens (tertiary/aromatic N) is 1. The summed E-state index contributed by atoms with van der Waals surface area (Å²) < 4.78 is 11.3. The minimum Gasteiger partial charge on any atom is -0.497 e. The van der Waals surface area contributed by atoms with Crippen molar-refractivity contribution in [2.45, 2.75) is 25.1 Å². The van der Waals surface area contributed by atoms with Gasteiger partial charge < -0.3 is 25.4 Å². The van der Waals surface area contributed by atoms with E-state index in [-0.39, 0.29) is 30.3 Å². The molecule has 0 unspecified atom stereocenters. The maximum atomic E-state index is 13.3. The Hall–Kier alpha value is -4.33. The topological polar surface area (TPSA) is 118 Å². The van der Waals surface area contributed by atoms with Gasteiger partial charge in [0.15, 0.2) is 0 Å². The number of amides is 2. The number of hydrogen-bond donors (Lipinski definition) is 3. The molecule has 1 saturated heterocycles. The van der Waals surface area contributed by atoms with Crippen LogP contribution in [-0.2, 0) is 11.3 Å². The lowest BCUT2D eigenvalue weighted by atomic mass is 10.1. The molecule has 8 heteroatoms. The number of nitrogens with two attached hydrogens (primary N) is 1. The Balaban J connectivity index is 1.49. The summed E-state index contributed by atoms with van der Waals surface area (Å²) in [5, 5.41) is 10.6. The molecule has 2 atom stereocenters. The number of hydrogen-bond acceptors (Lipinski definition) is 5. The number of methoxy groups -OCH3 is 1. The van der Waals surface area contributed by atoms with E-state index < -0.39 is 6.04 Å². The average Bonchev–Trinajstić information content (AvgIpc) is 3.31. The highest BCUT2D eigenvalue weighted by molar-refractivity contribution is 5.98. The van der Waals surface area contributed by atoms with Crippen molar-refractivity contribution in [1.29, 1.82) is 5.41 Å². The summed E-state index contributed by atoms with van der Waals surface area (Å²) in [5.74, 6) is 0.754.